The van der Waals surface area contributed by atoms with Crippen molar-refractivity contribution in [2.75, 3.05) is 6.54 Å². The van der Waals surface area contributed by atoms with Gasteiger partial charge in [-0.05, 0) is 36.8 Å². The van der Waals surface area contributed by atoms with Crippen LogP contribution in [0, 0.1) is 11.2 Å². The van der Waals surface area contributed by atoms with Gasteiger partial charge in [0.1, 0.15) is 5.82 Å². The van der Waals surface area contributed by atoms with E-state index in [2.05, 4.69) is 12.2 Å². The third-order valence-electron chi connectivity index (χ3n) is 3.57. The Morgan fingerprint density at radius 2 is 2.18 bits per heavy atom. The minimum atomic E-state index is -0.217. The molecule has 0 spiro atoms. The van der Waals surface area contributed by atoms with Gasteiger partial charge in [-0.25, -0.2) is 4.39 Å². The summed E-state index contributed by atoms with van der Waals surface area (Å²) in [6.45, 7) is 3.82. The second kappa shape index (κ2) is 5.36. The minimum Gasteiger partial charge on any atom is -0.312 e. The molecule has 1 fully saturated rings. The van der Waals surface area contributed by atoms with E-state index in [0.717, 1.165) is 6.54 Å². The zero-order valence-corrected chi connectivity index (χ0v) is 11.0. The fraction of sp³-hybridized carbons (Fsp3) is 0.571. The SMILES string of the molecule is CCCC1(CNCc2ccc(Cl)cc2F)CC1. The van der Waals surface area contributed by atoms with Crippen LogP contribution < -0.4 is 5.32 Å². The fourth-order valence-corrected chi connectivity index (χ4v) is 2.51. The molecule has 0 saturated heterocycles. The highest BCUT2D eigenvalue weighted by Crippen LogP contribution is 2.48. The van der Waals surface area contributed by atoms with E-state index in [-0.39, 0.29) is 5.82 Å². The van der Waals surface area contributed by atoms with Gasteiger partial charge in [-0.2, -0.15) is 0 Å². The summed E-state index contributed by atoms with van der Waals surface area (Å²) in [4.78, 5) is 0. The molecule has 17 heavy (non-hydrogen) atoms. The molecule has 1 aromatic carbocycles. The van der Waals surface area contributed by atoms with Crippen molar-refractivity contribution in [2.45, 2.75) is 39.2 Å². The van der Waals surface area contributed by atoms with E-state index in [0.29, 0.717) is 22.5 Å². The maximum Gasteiger partial charge on any atom is 0.129 e. The summed E-state index contributed by atoms with van der Waals surface area (Å²) >= 11 is 5.71. The van der Waals surface area contributed by atoms with Gasteiger partial charge < -0.3 is 5.32 Å². The largest absolute Gasteiger partial charge is 0.312 e. The number of benzene rings is 1. The molecule has 0 bridgehead atoms. The fourth-order valence-electron chi connectivity index (χ4n) is 2.35. The number of rotatable bonds is 6. The van der Waals surface area contributed by atoms with Crippen LogP contribution in [-0.4, -0.2) is 6.54 Å². The summed E-state index contributed by atoms with van der Waals surface area (Å²) in [6.07, 6.45) is 5.15. The lowest BCUT2D eigenvalue weighted by molar-refractivity contribution is 0.418. The van der Waals surface area contributed by atoms with Gasteiger partial charge >= 0.3 is 0 Å². The van der Waals surface area contributed by atoms with E-state index < -0.39 is 0 Å². The van der Waals surface area contributed by atoms with Crippen molar-refractivity contribution in [1.29, 1.82) is 0 Å². The highest BCUT2D eigenvalue weighted by Gasteiger charge is 2.40. The lowest BCUT2D eigenvalue weighted by Crippen LogP contribution is -2.23. The molecule has 0 atom stereocenters. The minimum absolute atomic E-state index is 0.217. The zero-order valence-electron chi connectivity index (χ0n) is 10.2. The maximum absolute atomic E-state index is 13.5. The highest BCUT2D eigenvalue weighted by atomic mass is 35.5. The van der Waals surface area contributed by atoms with Crippen molar-refractivity contribution in [2.24, 2.45) is 5.41 Å². The van der Waals surface area contributed by atoms with Crippen molar-refractivity contribution in [1.82, 2.24) is 5.32 Å². The third kappa shape index (κ3) is 3.43. The Labute approximate surface area is 107 Å². The molecule has 1 aliphatic carbocycles. The predicted molar refractivity (Wildman–Crippen MR) is 69.7 cm³/mol. The van der Waals surface area contributed by atoms with Gasteiger partial charge in [0.15, 0.2) is 0 Å². The molecule has 94 valence electrons. The average molecular weight is 256 g/mol. The van der Waals surface area contributed by atoms with E-state index in [1.807, 2.05) is 0 Å². The first-order valence-corrected chi connectivity index (χ1v) is 6.68. The van der Waals surface area contributed by atoms with Crippen LogP contribution in [-0.2, 0) is 6.54 Å². The third-order valence-corrected chi connectivity index (χ3v) is 3.80. The highest BCUT2D eigenvalue weighted by molar-refractivity contribution is 6.30. The molecule has 1 aliphatic rings. The first-order valence-electron chi connectivity index (χ1n) is 6.30. The van der Waals surface area contributed by atoms with Gasteiger partial charge in [0.25, 0.3) is 0 Å². The normalized spacial score (nSPS) is 17.1. The van der Waals surface area contributed by atoms with Gasteiger partial charge in [-0.15, -0.1) is 0 Å². The molecular weight excluding hydrogens is 237 g/mol. The summed E-state index contributed by atoms with van der Waals surface area (Å²) < 4.78 is 13.5. The predicted octanol–water partition coefficient (Wildman–Crippen LogP) is 4.15. The van der Waals surface area contributed by atoms with Gasteiger partial charge in [0, 0.05) is 23.7 Å². The Kier molecular flexibility index (Phi) is 4.05. The smallest absolute Gasteiger partial charge is 0.129 e. The van der Waals surface area contributed by atoms with Crippen molar-refractivity contribution in [3.05, 3.63) is 34.6 Å². The van der Waals surface area contributed by atoms with E-state index in [1.165, 1.54) is 31.7 Å². The average Bonchev–Trinajstić information content (AvgIpc) is 3.02. The molecule has 1 saturated carbocycles. The molecule has 0 aromatic heterocycles. The Balaban J connectivity index is 1.82. The molecule has 3 heteroatoms. The van der Waals surface area contributed by atoms with Crippen LogP contribution in [0.15, 0.2) is 18.2 Å². The molecule has 1 nitrogen and oxygen atoms in total. The van der Waals surface area contributed by atoms with Crippen molar-refractivity contribution in [3.8, 4) is 0 Å². The van der Waals surface area contributed by atoms with E-state index >= 15 is 0 Å². The van der Waals surface area contributed by atoms with Crippen molar-refractivity contribution in [3.63, 3.8) is 0 Å². The lowest BCUT2D eigenvalue weighted by atomic mass is 10.0. The number of nitrogens with one attached hydrogen (secondary N) is 1. The summed E-state index contributed by atoms with van der Waals surface area (Å²) in [7, 11) is 0. The van der Waals surface area contributed by atoms with Gasteiger partial charge in [0.2, 0.25) is 0 Å². The van der Waals surface area contributed by atoms with E-state index in [1.54, 1.807) is 12.1 Å². The molecule has 1 N–H and O–H groups in total. The topological polar surface area (TPSA) is 12.0 Å². The summed E-state index contributed by atoms with van der Waals surface area (Å²) in [5.74, 6) is -0.217. The Bertz CT molecular complexity index is 388. The van der Waals surface area contributed by atoms with Gasteiger partial charge in [-0.3, -0.25) is 0 Å². The van der Waals surface area contributed by atoms with Crippen LogP contribution in [0.1, 0.15) is 38.2 Å². The molecule has 0 heterocycles. The maximum atomic E-state index is 13.5. The van der Waals surface area contributed by atoms with Crippen LogP contribution in [0.2, 0.25) is 5.02 Å². The summed E-state index contributed by atoms with van der Waals surface area (Å²) in [5.41, 5.74) is 1.21. The molecule has 1 aromatic rings. The van der Waals surface area contributed by atoms with Crippen molar-refractivity contribution < 1.29 is 4.39 Å². The number of hydrogen-bond donors (Lipinski definition) is 1. The summed E-state index contributed by atoms with van der Waals surface area (Å²) in [6, 6.07) is 4.86. The summed E-state index contributed by atoms with van der Waals surface area (Å²) in [5, 5.41) is 3.82. The van der Waals surface area contributed by atoms with Gasteiger partial charge in [-0.1, -0.05) is 31.0 Å². The van der Waals surface area contributed by atoms with Crippen LogP contribution >= 0.6 is 11.6 Å². The number of halogens is 2. The van der Waals surface area contributed by atoms with E-state index in [9.17, 15) is 4.39 Å². The molecule has 0 radical (unpaired) electrons. The van der Waals surface area contributed by atoms with Crippen molar-refractivity contribution >= 4 is 11.6 Å². The zero-order chi connectivity index (χ0) is 12.3. The Morgan fingerprint density at radius 1 is 1.41 bits per heavy atom. The molecular formula is C14H19ClFN. The monoisotopic (exact) mass is 255 g/mol. The van der Waals surface area contributed by atoms with Crippen LogP contribution in [0.5, 0.6) is 0 Å². The lowest BCUT2D eigenvalue weighted by Gasteiger charge is -2.15. The first kappa shape index (κ1) is 12.8. The molecule has 0 amide bonds. The first-order chi connectivity index (χ1) is 8.15. The molecule has 2 rings (SSSR count). The second-order valence-corrected chi connectivity index (χ2v) is 5.53. The quantitative estimate of drug-likeness (QED) is 0.805. The number of hydrogen-bond acceptors (Lipinski definition) is 1. The van der Waals surface area contributed by atoms with Crippen LogP contribution in [0.25, 0.3) is 0 Å². The Hall–Kier alpha value is -0.600. The Morgan fingerprint density at radius 3 is 2.76 bits per heavy atom. The molecule has 0 aliphatic heterocycles. The standard InChI is InChI=1S/C14H19ClFN/c1-2-5-14(6-7-14)10-17-9-11-3-4-12(15)8-13(11)16/h3-4,8,17H,2,5-7,9-10H2,1H3. The van der Waals surface area contributed by atoms with Gasteiger partial charge in [0.05, 0.1) is 0 Å². The second-order valence-electron chi connectivity index (χ2n) is 5.09. The molecule has 0 unspecified atom stereocenters. The van der Waals surface area contributed by atoms with E-state index in [4.69, 9.17) is 11.6 Å². The van der Waals surface area contributed by atoms with Crippen LogP contribution in [0.3, 0.4) is 0 Å². The van der Waals surface area contributed by atoms with Crippen LogP contribution in [0.4, 0.5) is 4.39 Å².